The van der Waals surface area contributed by atoms with Crippen molar-refractivity contribution in [2.45, 2.75) is 39.3 Å². The standard InChI is InChI=1S/C24H24BrNO4/c1-14(2)29-11-5-10-26-21(16-6-4-7-17(25)13-16)20-22(27)18-12-15(3)8-9-19(18)30-23(20)24(26)28/h4,6-9,12-14,21H,5,10-11H2,1-3H3/t21-/m0/s1. The number of rotatable bonds is 6. The van der Waals surface area contributed by atoms with Crippen LogP contribution in [0, 0.1) is 6.92 Å². The molecule has 0 saturated carbocycles. The lowest BCUT2D eigenvalue weighted by Crippen LogP contribution is -2.31. The fourth-order valence-electron chi connectivity index (χ4n) is 3.94. The van der Waals surface area contributed by atoms with E-state index in [0.717, 1.165) is 15.6 Å². The summed E-state index contributed by atoms with van der Waals surface area (Å²) in [6, 6.07) is 12.7. The number of ether oxygens (including phenoxy) is 1. The molecule has 0 radical (unpaired) electrons. The van der Waals surface area contributed by atoms with E-state index in [1.165, 1.54) is 0 Å². The maximum atomic E-state index is 13.5. The van der Waals surface area contributed by atoms with Crippen molar-refractivity contribution in [3.63, 3.8) is 0 Å². The molecule has 1 aromatic heterocycles. The van der Waals surface area contributed by atoms with Gasteiger partial charge in [-0.15, -0.1) is 0 Å². The normalized spacial score (nSPS) is 16.0. The van der Waals surface area contributed by atoms with Crippen molar-refractivity contribution in [3.05, 3.63) is 79.6 Å². The minimum absolute atomic E-state index is 0.133. The Balaban J connectivity index is 1.83. The maximum absolute atomic E-state index is 13.5. The van der Waals surface area contributed by atoms with Crippen LogP contribution in [0.4, 0.5) is 0 Å². The number of hydrogen-bond donors (Lipinski definition) is 0. The molecule has 0 spiro atoms. The van der Waals surface area contributed by atoms with Gasteiger partial charge in [-0.25, -0.2) is 0 Å². The Morgan fingerprint density at radius 2 is 1.97 bits per heavy atom. The van der Waals surface area contributed by atoms with Gasteiger partial charge in [-0.1, -0.05) is 39.7 Å². The van der Waals surface area contributed by atoms with E-state index in [2.05, 4.69) is 15.9 Å². The molecule has 0 bridgehead atoms. The van der Waals surface area contributed by atoms with Crippen LogP contribution in [-0.4, -0.2) is 30.1 Å². The highest BCUT2D eigenvalue weighted by atomic mass is 79.9. The van der Waals surface area contributed by atoms with Gasteiger partial charge in [-0.05, 0) is 57.0 Å². The molecule has 1 atom stereocenters. The number of benzene rings is 2. The summed E-state index contributed by atoms with van der Waals surface area (Å²) in [5, 5.41) is 0.506. The van der Waals surface area contributed by atoms with Gasteiger partial charge in [0, 0.05) is 17.6 Å². The molecular formula is C24H24BrNO4. The van der Waals surface area contributed by atoms with E-state index in [4.69, 9.17) is 9.15 Å². The Bertz CT molecular complexity index is 1170. The molecule has 2 aromatic carbocycles. The second-order valence-corrected chi connectivity index (χ2v) is 8.82. The van der Waals surface area contributed by atoms with Crippen molar-refractivity contribution in [3.8, 4) is 0 Å². The number of carbonyl (C=O) groups is 1. The van der Waals surface area contributed by atoms with Crippen LogP contribution in [0.1, 0.15) is 53.6 Å². The van der Waals surface area contributed by atoms with Crippen molar-refractivity contribution in [2.24, 2.45) is 0 Å². The molecule has 5 nitrogen and oxygen atoms in total. The van der Waals surface area contributed by atoms with E-state index in [0.29, 0.717) is 36.1 Å². The summed E-state index contributed by atoms with van der Waals surface area (Å²) in [5.41, 5.74) is 2.56. The third-order valence-electron chi connectivity index (χ3n) is 5.28. The number of nitrogens with zero attached hydrogens (tertiary/aromatic N) is 1. The average molecular weight is 470 g/mol. The third kappa shape index (κ3) is 3.82. The Labute approximate surface area is 183 Å². The molecule has 1 aliphatic rings. The number of fused-ring (bicyclic) bond motifs is 2. The van der Waals surface area contributed by atoms with E-state index in [1.807, 2.05) is 57.2 Å². The summed E-state index contributed by atoms with van der Waals surface area (Å²) in [7, 11) is 0. The number of hydrogen-bond acceptors (Lipinski definition) is 4. The van der Waals surface area contributed by atoms with Crippen molar-refractivity contribution in [1.29, 1.82) is 0 Å². The lowest BCUT2D eigenvalue weighted by atomic mass is 9.98. The lowest BCUT2D eigenvalue weighted by Gasteiger charge is -2.25. The SMILES string of the molecule is Cc1ccc2oc3c(c(=O)c2c1)[C@H](c1cccc(Br)c1)N(CCCOC(C)C)C3=O. The van der Waals surface area contributed by atoms with Gasteiger partial charge in [-0.3, -0.25) is 9.59 Å². The maximum Gasteiger partial charge on any atom is 0.290 e. The average Bonchev–Trinajstić information content (AvgIpc) is 2.98. The van der Waals surface area contributed by atoms with Crippen LogP contribution < -0.4 is 5.43 Å². The quantitative estimate of drug-likeness (QED) is 0.464. The van der Waals surface area contributed by atoms with Gasteiger partial charge >= 0.3 is 0 Å². The van der Waals surface area contributed by atoms with Gasteiger partial charge in [0.1, 0.15) is 5.58 Å². The second kappa shape index (κ2) is 8.36. The summed E-state index contributed by atoms with van der Waals surface area (Å²) < 4.78 is 12.5. The van der Waals surface area contributed by atoms with Crippen molar-refractivity contribution in [2.75, 3.05) is 13.2 Å². The third-order valence-corrected chi connectivity index (χ3v) is 5.77. The summed E-state index contributed by atoms with van der Waals surface area (Å²) in [6.07, 6.45) is 0.809. The molecular weight excluding hydrogens is 446 g/mol. The summed E-state index contributed by atoms with van der Waals surface area (Å²) in [4.78, 5) is 28.5. The molecule has 4 rings (SSSR count). The van der Waals surface area contributed by atoms with Crippen LogP contribution in [-0.2, 0) is 4.74 Å². The summed E-state index contributed by atoms with van der Waals surface area (Å²) >= 11 is 3.51. The first-order valence-corrected chi connectivity index (χ1v) is 10.9. The van der Waals surface area contributed by atoms with Gasteiger partial charge < -0.3 is 14.1 Å². The molecule has 3 aromatic rings. The fourth-order valence-corrected chi connectivity index (χ4v) is 4.36. The molecule has 0 aliphatic carbocycles. The first-order chi connectivity index (χ1) is 14.4. The van der Waals surface area contributed by atoms with Crippen LogP contribution in [0.5, 0.6) is 0 Å². The molecule has 0 unspecified atom stereocenters. The van der Waals surface area contributed by atoms with Crippen molar-refractivity contribution in [1.82, 2.24) is 4.90 Å². The Morgan fingerprint density at radius 3 is 2.70 bits per heavy atom. The van der Waals surface area contributed by atoms with E-state index < -0.39 is 6.04 Å². The van der Waals surface area contributed by atoms with Crippen LogP contribution in [0.2, 0.25) is 0 Å². The summed E-state index contributed by atoms with van der Waals surface area (Å²) in [5.74, 6) is -0.106. The smallest absolute Gasteiger partial charge is 0.290 e. The number of halogens is 1. The molecule has 1 aliphatic heterocycles. The molecule has 0 N–H and O–H groups in total. The van der Waals surface area contributed by atoms with E-state index in [9.17, 15) is 9.59 Å². The van der Waals surface area contributed by atoms with Crippen LogP contribution >= 0.6 is 15.9 Å². The molecule has 2 heterocycles. The Morgan fingerprint density at radius 1 is 1.17 bits per heavy atom. The zero-order valence-electron chi connectivity index (χ0n) is 17.3. The van der Waals surface area contributed by atoms with Crippen LogP contribution in [0.3, 0.4) is 0 Å². The van der Waals surface area contributed by atoms with Gasteiger partial charge in [0.15, 0.2) is 5.43 Å². The van der Waals surface area contributed by atoms with Crippen molar-refractivity contribution >= 4 is 32.8 Å². The lowest BCUT2D eigenvalue weighted by molar-refractivity contribution is 0.0593. The second-order valence-electron chi connectivity index (χ2n) is 7.90. The highest BCUT2D eigenvalue weighted by Crippen LogP contribution is 2.38. The highest BCUT2D eigenvalue weighted by Gasteiger charge is 2.42. The zero-order chi connectivity index (χ0) is 21.4. The number of amides is 1. The highest BCUT2D eigenvalue weighted by molar-refractivity contribution is 9.10. The van der Waals surface area contributed by atoms with Crippen LogP contribution in [0.25, 0.3) is 11.0 Å². The number of aryl methyl sites for hydroxylation is 1. The molecule has 156 valence electrons. The van der Waals surface area contributed by atoms with Gasteiger partial charge in [0.05, 0.1) is 23.1 Å². The van der Waals surface area contributed by atoms with Gasteiger partial charge in [0.2, 0.25) is 5.76 Å². The molecule has 6 heteroatoms. The van der Waals surface area contributed by atoms with E-state index in [-0.39, 0.29) is 23.2 Å². The van der Waals surface area contributed by atoms with Crippen molar-refractivity contribution < 1.29 is 13.9 Å². The predicted molar refractivity (Wildman–Crippen MR) is 120 cm³/mol. The molecule has 30 heavy (non-hydrogen) atoms. The Hall–Kier alpha value is -2.44. The van der Waals surface area contributed by atoms with E-state index >= 15 is 0 Å². The van der Waals surface area contributed by atoms with Gasteiger partial charge in [0.25, 0.3) is 5.91 Å². The minimum Gasteiger partial charge on any atom is -0.450 e. The topological polar surface area (TPSA) is 59.8 Å². The first kappa shape index (κ1) is 20.8. The fraction of sp³-hybridized carbons (Fsp3) is 0.333. The van der Waals surface area contributed by atoms with Crippen LogP contribution in [0.15, 0.2) is 56.1 Å². The molecule has 1 amide bonds. The first-order valence-electron chi connectivity index (χ1n) is 10.1. The minimum atomic E-state index is -0.481. The zero-order valence-corrected chi connectivity index (χ0v) is 18.9. The van der Waals surface area contributed by atoms with E-state index in [1.54, 1.807) is 11.0 Å². The predicted octanol–water partition coefficient (Wildman–Crippen LogP) is 5.22. The number of carbonyl (C=O) groups excluding carboxylic acids is 1. The summed E-state index contributed by atoms with van der Waals surface area (Å²) in [6.45, 7) is 6.92. The molecule has 0 fully saturated rings. The monoisotopic (exact) mass is 469 g/mol. The largest absolute Gasteiger partial charge is 0.450 e. The van der Waals surface area contributed by atoms with Gasteiger partial charge in [-0.2, -0.15) is 0 Å². The molecule has 0 saturated heterocycles. The Kier molecular flexibility index (Phi) is 5.80.